The molecule has 0 aliphatic heterocycles. The van der Waals surface area contributed by atoms with Crippen LogP contribution in [0.15, 0.2) is 11.1 Å². The van der Waals surface area contributed by atoms with Gasteiger partial charge in [0, 0.05) is 4.88 Å². The van der Waals surface area contributed by atoms with E-state index in [1.165, 1.54) is 15.8 Å². The molecule has 0 saturated heterocycles. The number of aromatic nitrogens is 2. The van der Waals surface area contributed by atoms with Crippen LogP contribution in [0.5, 0.6) is 0 Å². The highest BCUT2D eigenvalue weighted by molar-refractivity contribution is 7.18. The van der Waals surface area contributed by atoms with E-state index in [4.69, 9.17) is 0 Å². The maximum atomic E-state index is 12.9. The largest absolute Gasteiger partial charge is 0.336 e. The highest BCUT2D eigenvalue weighted by Crippen LogP contribution is 2.33. The van der Waals surface area contributed by atoms with Crippen molar-refractivity contribution in [2.45, 2.75) is 69.9 Å². The molecule has 4 rings (SSSR count). The smallest absolute Gasteiger partial charge is 0.262 e. The number of nitriles is 1. The average molecular weight is 370 g/mol. The highest BCUT2D eigenvalue weighted by Gasteiger charge is 2.33. The van der Waals surface area contributed by atoms with Gasteiger partial charge in [-0.1, -0.05) is 19.3 Å². The molecule has 0 radical (unpaired) electrons. The van der Waals surface area contributed by atoms with E-state index in [0.717, 1.165) is 55.3 Å². The van der Waals surface area contributed by atoms with E-state index in [1.807, 2.05) is 0 Å². The molecule has 1 saturated carbocycles. The first kappa shape index (κ1) is 17.2. The predicted molar refractivity (Wildman–Crippen MR) is 100 cm³/mol. The van der Waals surface area contributed by atoms with Crippen LogP contribution < -0.4 is 10.9 Å². The summed E-state index contributed by atoms with van der Waals surface area (Å²) in [5.41, 5.74) is 0.210. The molecule has 6 nitrogen and oxygen atoms in total. The lowest BCUT2D eigenvalue weighted by Gasteiger charge is -2.31. The van der Waals surface area contributed by atoms with Crippen molar-refractivity contribution in [2.75, 3.05) is 0 Å². The van der Waals surface area contributed by atoms with Gasteiger partial charge < -0.3 is 5.32 Å². The Bertz CT molecular complexity index is 947. The number of aryl methyl sites for hydroxylation is 2. The van der Waals surface area contributed by atoms with Gasteiger partial charge in [0.2, 0.25) is 5.91 Å². The normalized spacial score (nSPS) is 18.9. The summed E-state index contributed by atoms with van der Waals surface area (Å²) in [6.45, 7) is -0.0875. The molecule has 1 amide bonds. The SMILES string of the molecule is N#CC1(NC(=O)Cn2cnc3sc4c(c3c2=O)CCCC4)CCCCC1. The lowest BCUT2D eigenvalue weighted by Crippen LogP contribution is -2.50. The van der Waals surface area contributed by atoms with Gasteiger partial charge in [-0.25, -0.2) is 4.98 Å². The summed E-state index contributed by atoms with van der Waals surface area (Å²) in [5, 5.41) is 13.1. The van der Waals surface area contributed by atoms with Crippen molar-refractivity contribution in [1.29, 1.82) is 5.26 Å². The highest BCUT2D eigenvalue weighted by atomic mass is 32.1. The molecular weight excluding hydrogens is 348 g/mol. The van der Waals surface area contributed by atoms with Crippen molar-refractivity contribution in [3.05, 3.63) is 27.1 Å². The van der Waals surface area contributed by atoms with Gasteiger partial charge in [0.25, 0.3) is 5.56 Å². The molecular formula is C19H22N4O2S. The third kappa shape index (κ3) is 3.03. The number of nitrogens with zero attached hydrogens (tertiary/aromatic N) is 3. The van der Waals surface area contributed by atoms with E-state index in [1.54, 1.807) is 11.3 Å². The number of fused-ring (bicyclic) bond motifs is 3. The lowest BCUT2D eigenvalue weighted by atomic mass is 9.83. The standard InChI is InChI=1S/C19H22N4O2S/c20-11-19(8-4-1-5-9-19)22-15(24)10-23-12-21-17-16(18(23)25)13-6-2-3-7-14(13)26-17/h12H,1-10H2,(H,22,24). The van der Waals surface area contributed by atoms with Gasteiger partial charge in [-0.3, -0.25) is 14.2 Å². The van der Waals surface area contributed by atoms with Crippen molar-refractivity contribution < 1.29 is 4.79 Å². The van der Waals surface area contributed by atoms with Crippen LogP contribution in [0.4, 0.5) is 0 Å². The zero-order valence-corrected chi connectivity index (χ0v) is 15.5. The molecule has 0 aromatic carbocycles. The second kappa shape index (κ2) is 6.84. The Morgan fingerprint density at radius 2 is 2.04 bits per heavy atom. The van der Waals surface area contributed by atoms with Gasteiger partial charge in [-0.2, -0.15) is 5.26 Å². The molecule has 2 aliphatic rings. The number of hydrogen-bond donors (Lipinski definition) is 1. The van der Waals surface area contributed by atoms with E-state index in [0.29, 0.717) is 18.2 Å². The zero-order valence-electron chi connectivity index (χ0n) is 14.7. The van der Waals surface area contributed by atoms with E-state index < -0.39 is 5.54 Å². The van der Waals surface area contributed by atoms with Crippen molar-refractivity contribution >= 4 is 27.5 Å². The quantitative estimate of drug-likeness (QED) is 0.900. The van der Waals surface area contributed by atoms with Crippen molar-refractivity contribution in [3.63, 3.8) is 0 Å². The third-order valence-corrected chi connectivity index (χ3v) is 6.76. The molecule has 7 heteroatoms. The first-order valence-corrected chi connectivity index (χ1v) is 10.2. The van der Waals surface area contributed by atoms with Crippen LogP contribution in [0.1, 0.15) is 55.4 Å². The van der Waals surface area contributed by atoms with Crippen LogP contribution in [0.2, 0.25) is 0 Å². The Morgan fingerprint density at radius 3 is 2.81 bits per heavy atom. The summed E-state index contributed by atoms with van der Waals surface area (Å²) in [6, 6.07) is 2.28. The number of hydrogen-bond acceptors (Lipinski definition) is 5. The van der Waals surface area contributed by atoms with Gasteiger partial charge in [0.15, 0.2) is 0 Å². The number of nitrogens with one attached hydrogen (secondary N) is 1. The summed E-state index contributed by atoms with van der Waals surface area (Å²) in [5.74, 6) is -0.291. The molecule has 2 aliphatic carbocycles. The molecule has 1 N–H and O–H groups in total. The van der Waals surface area contributed by atoms with Crippen LogP contribution >= 0.6 is 11.3 Å². The molecule has 1 fully saturated rings. The predicted octanol–water partition coefficient (Wildman–Crippen LogP) is 2.68. The molecule has 136 valence electrons. The Labute approximate surface area is 155 Å². The topological polar surface area (TPSA) is 87.8 Å². The van der Waals surface area contributed by atoms with E-state index in [9.17, 15) is 14.9 Å². The first-order valence-electron chi connectivity index (χ1n) is 9.34. The van der Waals surface area contributed by atoms with E-state index >= 15 is 0 Å². The maximum absolute atomic E-state index is 12.9. The fourth-order valence-electron chi connectivity index (χ4n) is 4.17. The number of carbonyl (C=O) groups excluding carboxylic acids is 1. The van der Waals surface area contributed by atoms with Gasteiger partial charge in [-0.05, 0) is 44.1 Å². The Kier molecular flexibility index (Phi) is 4.53. The molecule has 0 unspecified atom stereocenters. The summed E-state index contributed by atoms with van der Waals surface area (Å²) in [7, 11) is 0. The van der Waals surface area contributed by atoms with Gasteiger partial charge in [0.1, 0.15) is 16.9 Å². The fraction of sp³-hybridized carbons (Fsp3) is 0.579. The molecule has 0 bridgehead atoms. The second-order valence-corrected chi connectivity index (χ2v) is 8.46. The number of rotatable bonds is 3. The van der Waals surface area contributed by atoms with Crippen LogP contribution in [-0.2, 0) is 24.2 Å². The van der Waals surface area contributed by atoms with Gasteiger partial charge in [-0.15, -0.1) is 11.3 Å². The third-order valence-electron chi connectivity index (χ3n) is 5.56. The summed E-state index contributed by atoms with van der Waals surface area (Å²) < 4.78 is 1.38. The molecule has 2 heterocycles. The van der Waals surface area contributed by atoms with Crippen LogP contribution in [0, 0.1) is 11.3 Å². The molecule has 2 aromatic heterocycles. The van der Waals surface area contributed by atoms with Crippen LogP contribution in [0.3, 0.4) is 0 Å². The molecule has 2 aromatic rings. The van der Waals surface area contributed by atoms with Crippen molar-refractivity contribution in [2.24, 2.45) is 0 Å². The Hall–Kier alpha value is -2.20. The van der Waals surface area contributed by atoms with Crippen LogP contribution in [-0.4, -0.2) is 21.0 Å². The van der Waals surface area contributed by atoms with Crippen molar-refractivity contribution in [1.82, 2.24) is 14.9 Å². The lowest BCUT2D eigenvalue weighted by molar-refractivity contribution is -0.123. The van der Waals surface area contributed by atoms with E-state index in [-0.39, 0.29) is 18.0 Å². The second-order valence-electron chi connectivity index (χ2n) is 7.37. The summed E-state index contributed by atoms with van der Waals surface area (Å²) >= 11 is 1.60. The fourth-order valence-corrected chi connectivity index (χ4v) is 5.39. The number of amides is 1. The zero-order chi connectivity index (χ0) is 18.1. The molecule has 26 heavy (non-hydrogen) atoms. The van der Waals surface area contributed by atoms with Crippen molar-refractivity contribution in [3.8, 4) is 6.07 Å². The average Bonchev–Trinajstić information content (AvgIpc) is 3.04. The minimum Gasteiger partial charge on any atom is -0.336 e. The Morgan fingerprint density at radius 1 is 1.27 bits per heavy atom. The summed E-state index contributed by atoms with van der Waals surface area (Å²) in [6.07, 6.45) is 10.0. The van der Waals surface area contributed by atoms with Crippen LogP contribution in [0.25, 0.3) is 10.2 Å². The number of carbonyl (C=O) groups is 1. The molecule has 0 atom stereocenters. The van der Waals surface area contributed by atoms with E-state index in [2.05, 4.69) is 16.4 Å². The number of thiophene rings is 1. The molecule has 0 spiro atoms. The minimum absolute atomic E-state index is 0.0875. The van der Waals surface area contributed by atoms with Gasteiger partial charge >= 0.3 is 0 Å². The first-order chi connectivity index (χ1) is 12.6. The monoisotopic (exact) mass is 370 g/mol. The maximum Gasteiger partial charge on any atom is 0.262 e. The summed E-state index contributed by atoms with van der Waals surface area (Å²) in [4.78, 5) is 31.9. The minimum atomic E-state index is -0.780. The Balaban J connectivity index is 1.59. The van der Waals surface area contributed by atoms with Gasteiger partial charge in [0.05, 0.1) is 17.8 Å².